The molecule has 0 spiro atoms. The van der Waals surface area contributed by atoms with Gasteiger partial charge in [0.05, 0.1) is 4.90 Å². The minimum Gasteiger partial charge on any atom is -0.481 e. The number of aryl methyl sites for hydroxylation is 2. The van der Waals surface area contributed by atoms with Crippen LogP contribution in [0.25, 0.3) is 0 Å². The number of sulfonamides is 1. The molecule has 0 aliphatic carbocycles. The minimum absolute atomic E-state index is 0.0573. The summed E-state index contributed by atoms with van der Waals surface area (Å²) in [4.78, 5) is 12.6. The van der Waals surface area contributed by atoms with E-state index in [1.807, 2.05) is 13.8 Å². The van der Waals surface area contributed by atoms with Gasteiger partial charge < -0.3 is 10.1 Å². The van der Waals surface area contributed by atoms with E-state index >= 15 is 0 Å². The highest BCUT2D eigenvalue weighted by Crippen LogP contribution is 2.27. The number of hydrogen-bond acceptors (Lipinski definition) is 4. The molecule has 3 aromatic carbocycles. The lowest BCUT2D eigenvalue weighted by Gasteiger charge is -2.16. The van der Waals surface area contributed by atoms with E-state index in [2.05, 4.69) is 10.0 Å². The Labute approximate surface area is 197 Å². The maximum Gasteiger partial charge on any atom is 0.265 e. The van der Waals surface area contributed by atoms with Crippen LogP contribution in [0.2, 0.25) is 10.0 Å². The minimum atomic E-state index is -3.78. The standard InChI is InChI=1S/C23H22Cl2N2O4S/c1-14-12-20(13-15(2)22(14)25)31-16(3)23(28)26-18-8-10-21(11-9-18)32(29,30)27-19-6-4-17(24)5-7-19/h4-13,16,27H,1-3H3,(H,26,28)/t16-/m0/s1. The fourth-order valence-corrected chi connectivity index (χ4v) is 4.22. The fourth-order valence-electron chi connectivity index (χ4n) is 2.93. The van der Waals surface area contributed by atoms with E-state index in [1.165, 1.54) is 24.3 Å². The summed E-state index contributed by atoms with van der Waals surface area (Å²) >= 11 is 12.0. The lowest BCUT2D eigenvalue weighted by Crippen LogP contribution is -2.30. The molecule has 168 valence electrons. The van der Waals surface area contributed by atoms with E-state index in [0.29, 0.717) is 27.2 Å². The number of carbonyl (C=O) groups excluding carboxylic acids is 1. The molecule has 9 heteroatoms. The van der Waals surface area contributed by atoms with Crippen LogP contribution < -0.4 is 14.8 Å². The van der Waals surface area contributed by atoms with Gasteiger partial charge in [0, 0.05) is 21.4 Å². The van der Waals surface area contributed by atoms with E-state index < -0.39 is 16.1 Å². The van der Waals surface area contributed by atoms with Crippen LogP contribution in [0.1, 0.15) is 18.1 Å². The van der Waals surface area contributed by atoms with Crippen LogP contribution in [0.3, 0.4) is 0 Å². The van der Waals surface area contributed by atoms with E-state index in [9.17, 15) is 13.2 Å². The number of nitrogens with one attached hydrogen (secondary N) is 2. The Hall–Kier alpha value is -2.74. The smallest absolute Gasteiger partial charge is 0.265 e. The number of carbonyl (C=O) groups is 1. The van der Waals surface area contributed by atoms with Crippen molar-refractivity contribution in [3.63, 3.8) is 0 Å². The molecule has 0 saturated carbocycles. The van der Waals surface area contributed by atoms with Gasteiger partial charge in [-0.25, -0.2) is 8.42 Å². The SMILES string of the molecule is Cc1cc(O[C@@H](C)C(=O)Nc2ccc(S(=O)(=O)Nc3ccc(Cl)cc3)cc2)cc(C)c1Cl. The van der Waals surface area contributed by atoms with E-state index in [1.54, 1.807) is 43.3 Å². The highest BCUT2D eigenvalue weighted by molar-refractivity contribution is 7.92. The fraction of sp³-hybridized carbons (Fsp3) is 0.174. The molecular weight excluding hydrogens is 471 g/mol. The lowest BCUT2D eigenvalue weighted by molar-refractivity contribution is -0.122. The Bertz CT molecular complexity index is 1200. The molecule has 0 aliphatic rings. The largest absolute Gasteiger partial charge is 0.481 e. The van der Waals surface area contributed by atoms with Crippen molar-refractivity contribution in [3.05, 3.63) is 81.8 Å². The van der Waals surface area contributed by atoms with Crippen LogP contribution >= 0.6 is 23.2 Å². The van der Waals surface area contributed by atoms with Crippen LogP contribution in [-0.2, 0) is 14.8 Å². The third kappa shape index (κ3) is 5.94. The summed E-state index contributed by atoms with van der Waals surface area (Å²) in [6.45, 7) is 5.36. The molecule has 0 saturated heterocycles. The summed E-state index contributed by atoms with van der Waals surface area (Å²) in [5.74, 6) is 0.173. The summed E-state index contributed by atoms with van der Waals surface area (Å²) in [6.07, 6.45) is -0.773. The number of hydrogen-bond donors (Lipinski definition) is 2. The lowest BCUT2D eigenvalue weighted by atomic mass is 10.1. The molecule has 3 aromatic rings. The maximum absolute atomic E-state index is 12.5. The van der Waals surface area contributed by atoms with Gasteiger partial charge in [0.25, 0.3) is 15.9 Å². The van der Waals surface area contributed by atoms with Crippen molar-refractivity contribution in [2.24, 2.45) is 0 Å². The Morgan fingerprint density at radius 3 is 2.00 bits per heavy atom. The molecule has 32 heavy (non-hydrogen) atoms. The topological polar surface area (TPSA) is 84.5 Å². The van der Waals surface area contributed by atoms with Gasteiger partial charge in [-0.1, -0.05) is 23.2 Å². The first-order chi connectivity index (χ1) is 15.0. The third-order valence-corrected chi connectivity index (χ3v) is 6.87. The molecule has 0 unspecified atom stereocenters. The van der Waals surface area contributed by atoms with E-state index in [4.69, 9.17) is 27.9 Å². The Balaban J connectivity index is 1.64. The van der Waals surface area contributed by atoms with Crippen LogP contribution in [0, 0.1) is 13.8 Å². The van der Waals surface area contributed by atoms with Gasteiger partial charge in [-0.05, 0) is 92.6 Å². The van der Waals surface area contributed by atoms with Crippen LogP contribution in [0.15, 0.2) is 65.6 Å². The highest BCUT2D eigenvalue weighted by Gasteiger charge is 2.18. The Morgan fingerprint density at radius 1 is 0.906 bits per heavy atom. The number of amides is 1. The van der Waals surface area contributed by atoms with Gasteiger partial charge in [-0.3, -0.25) is 9.52 Å². The second-order valence-electron chi connectivity index (χ2n) is 7.26. The number of halogens is 2. The zero-order chi connectivity index (χ0) is 23.5. The van der Waals surface area contributed by atoms with Crippen molar-refractivity contribution in [1.29, 1.82) is 0 Å². The molecule has 0 bridgehead atoms. The van der Waals surface area contributed by atoms with Gasteiger partial charge in [0.15, 0.2) is 6.10 Å². The van der Waals surface area contributed by atoms with Crippen LogP contribution in [0.4, 0.5) is 11.4 Å². The van der Waals surface area contributed by atoms with Crippen molar-refractivity contribution in [2.45, 2.75) is 31.8 Å². The number of anilines is 2. The zero-order valence-electron chi connectivity index (χ0n) is 17.6. The molecule has 0 heterocycles. The second kappa shape index (κ2) is 9.81. The van der Waals surface area contributed by atoms with Crippen molar-refractivity contribution in [3.8, 4) is 5.75 Å². The maximum atomic E-state index is 12.5. The zero-order valence-corrected chi connectivity index (χ0v) is 20.0. The van der Waals surface area contributed by atoms with Gasteiger partial charge in [-0.2, -0.15) is 0 Å². The molecule has 1 amide bonds. The van der Waals surface area contributed by atoms with Crippen molar-refractivity contribution in [1.82, 2.24) is 0 Å². The highest BCUT2D eigenvalue weighted by atomic mass is 35.5. The van der Waals surface area contributed by atoms with Crippen molar-refractivity contribution < 1.29 is 17.9 Å². The number of benzene rings is 3. The van der Waals surface area contributed by atoms with Gasteiger partial charge in [0.2, 0.25) is 0 Å². The number of rotatable bonds is 7. The molecule has 6 nitrogen and oxygen atoms in total. The molecule has 0 radical (unpaired) electrons. The molecule has 1 atom stereocenters. The first kappa shape index (κ1) is 23.9. The van der Waals surface area contributed by atoms with Crippen molar-refractivity contribution >= 4 is 50.5 Å². The molecule has 0 fully saturated rings. The quantitative estimate of drug-likeness (QED) is 0.435. The molecular formula is C23H22Cl2N2O4S. The van der Waals surface area contributed by atoms with Crippen LogP contribution in [-0.4, -0.2) is 20.4 Å². The normalized spacial score (nSPS) is 12.2. The van der Waals surface area contributed by atoms with Crippen LogP contribution in [0.5, 0.6) is 5.75 Å². The molecule has 3 rings (SSSR count). The average Bonchev–Trinajstić information content (AvgIpc) is 2.74. The van der Waals surface area contributed by atoms with Crippen molar-refractivity contribution in [2.75, 3.05) is 10.0 Å². The summed E-state index contributed by atoms with van der Waals surface area (Å²) in [7, 11) is -3.78. The molecule has 0 aliphatic heterocycles. The Morgan fingerprint density at radius 2 is 1.44 bits per heavy atom. The summed E-state index contributed by atoms with van der Waals surface area (Å²) in [5.41, 5.74) is 2.56. The first-order valence-electron chi connectivity index (χ1n) is 9.68. The third-order valence-electron chi connectivity index (χ3n) is 4.62. The van der Waals surface area contributed by atoms with E-state index in [0.717, 1.165) is 11.1 Å². The van der Waals surface area contributed by atoms with Gasteiger partial charge in [0.1, 0.15) is 5.75 Å². The van der Waals surface area contributed by atoms with Gasteiger partial charge in [-0.15, -0.1) is 0 Å². The first-order valence-corrected chi connectivity index (χ1v) is 11.9. The molecule has 0 aromatic heterocycles. The predicted molar refractivity (Wildman–Crippen MR) is 128 cm³/mol. The second-order valence-corrected chi connectivity index (χ2v) is 9.75. The van der Waals surface area contributed by atoms with E-state index in [-0.39, 0.29) is 10.8 Å². The van der Waals surface area contributed by atoms with Gasteiger partial charge >= 0.3 is 0 Å². The number of ether oxygens (including phenoxy) is 1. The Kier molecular flexibility index (Phi) is 7.33. The average molecular weight is 493 g/mol. The summed E-state index contributed by atoms with van der Waals surface area (Å²) in [5, 5.41) is 3.89. The summed E-state index contributed by atoms with van der Waals surface area (Å²) < 4.78 is 33.3. The molecule has 2 N–H and O–H groups in total. The monoisotopic (exact) mass is 492 g/mol. The predicted octanol–water partition coefficient (Wildman–Crippen LogP) is 5.82. The summed E-state index contributed by atoms with van der Waals surface area (Å²) in [6, 6.07) is 15.7.